The van der Waals surface area contributed by atoms with Crippen LogP contribution in [0.25, 0.3) is 0 Å². The predicted molar refractivity (Wildman–Crippen MR) is 92.7 cm³/mol. The second-order valence-corrected chi connectivity index (χ2v) is 5.18. The van der Waals surface area contributed by atoms with Crippen molar-refractivity contribution < 1.29 is 0 Å². The summed E-state index contributed by atoms with van der Waals surface area (Å²) in [5, 5.41) is 6.56. The molecule has 5 heteroatoms. The van der Waals surface area contributed by atoms with Crippen molar-refractivity contribution in [3.05, 3.63) is 72.3 Å². The van der Waals surface area contributed by atoms with E-state index in [0.717, 1.165) is 29.3 Å². The summed E-state index contributed by atoms with van der Waals surface area (Å²) in [7, 11) is 0. The molecule has 0 aliphatic heterocycles. The van der Waals surface area contributed by atoms with Crippen LogP contribution in [0.4, 0.5) is 17.3 Å². The highest BCUT2D eigenvalue weighted by Crippen LogP contribution is 2.17. The molecule has 0 radical (unpaired) electrons. The Kier molecular flexibility index (Phi) is 4.79. The Morgan fingerprint density at radius 1 is 0.957 bits per heavy atom. The molecule has 0 saturated carbocycles. The first-order valence-electron chi connectivity index (χ1n) is 7.64. The van der Waals surface area contributed by atoms with Crippen LogP contribution < -0.4 is 10.6 Å². The van der Waals surface area contributed by atoms with Gasteiger partial charge in [-0.05, 0) is 35.7 Å². The highest BCUT2D eigenvalue weighted by atomic mass is 15.1. The van der Waals surface area contributed by atoms with E-state index < -0.39 is 0 Å². The molecule has 2 heterocycles. The fraction of sp³-hybridized carbons (Fsp3) is 0.167. The van der Waals surface area contributed by atoms with Crippen molar-refractivity contribution in [2.75, 3.05) is 10.6 Å². The minimum absolute atomic E-state index is 0.676. The third kappa shape index (κ3) is 4.26. The second kappa shape index (κ2) is 7.35. The Hall–Kier alpha value is -2.95. The number of hydrogen-bond acceptors (Lipinski definition) is 5. The lowest BCUT2D eigenvalue weighted by Crippen LogP contribution is -2.03. The maximum Gasteiger partial charge on any atom is 0.135 e. The summed E-state index contributed by atoms with van der Waals surface area (Å²) >= 11 is 0. The molecule has 116 valence electrons. The molecule has 0 unspecified atom stereocenters. The summed E-state index contributed by atoms with van der Waals surface area (Å²) in [5.74, 6) is 1.54. The Morgan fingerprint density at radius 2 is 1.78 bits per heavy atom. The van der Waals surface area contributed by atoms with Gasteiger partial charge in [0.05, 0.1) is 0 Å². The Labute approximate surface area is 135 Å². The van der Waals surface area contributed by atoms with Gasteiger partial charge in [-0.25, -0.2) is 9.97 Å². The third-order valence-electron chi connectivity index (χ3n) is 3.50. The van der Waals surface area contributed by atoms with E-state index >= 15 is 0 Å². The number of benzene rings is 1. The highest BCUT2D eigenvalue weighted by Gasteiger charge is 2.00. The summed E-state index contributed by atoms with van der Waals surface area (Å²) in [5.41, 5.74) is 3.44. The lowest BCUT2D eigenvalue weighted by atomic mass is 10.1. The molecular formula is C18H19N5. The molecule has 0 saturated heterocycles. The smallest absolute Gasteiger partial charge is 0.135 e. The van der Waals surface area contributed by atoms with Crippen LogP contribution in [0.1, 0.15) is 18.1 Å². The number of rotatable bonds is 6. The van der Waals surface area contributed by atoms with Crippen molar-refractivity contribution in [3.63, 3.8) is 0 Å². The topological polar surface area (TPSA) is 62.7 Å². The van der Waals surface area contributed by atoms with Crippen molar-refractivity contribution in [2.45, 2.75) is 19.9 Å². The van der Waals surface area contributed by atoms with Gasteiger partial charge < -0.3 is 10.6 Å². The number of nitrogens with one attached hydrogen (secondary N) is 2. The molecule has 0 aliphatic carbocycles. The molecule has 5 nitrogen and oxygen atoms in total. The molecule has 23 heavy (non-hydrogen) atoms. The molecule has 2 aromatic heterocycles. The van der Waals surface area contributed by atoms with Crippen LogP contribution in [0.15, 0.2) is 61.2 Å². The predicted octanol–water partition coefficient (Wildman–Crippen LogP) is 3.79. The summed E-state index contributed by atoms with van der Waals surface area (Å²) in [6, 6.07) is 14.2. The molecule has 0 amide bonds. The molecule has 1 aromatic carbocycles. The van der Waals surface area contributed by atoms with E-state index in [-0.39, 0.29) is 0 Å². The fourth-order valence-electron chi connectivity index (χ4n) is 2.19. The van der Waals surface area contributed by atoms with Crippen molar-refractivity contribution in [3.8, 4) is 0 Å². The van der Waals surface area contributed by atoms with Crippen LogP contribution >= 0.6 is 0 Å². The number of hydrogen-bond donors (Lipinski definition) is 2. The third-order valence-corrected chi connectivity index (χ3v) is 3.50. The van der Waals surface area contributed by atoms with Gasteiger partial charge in [-0.1, -0.05) is 25.1 Å². The van der Waals surface area contributed by atoms with Gasteiger partial charge in [-0.3, -0.25) is 4.98 Å². The Balaban J connectivity index is 1.64. The molecule has 0 bridgehead atoms. The highest BCUT2D eigenvalue weighted by molar-refractivity contribution is 5.59. The quantitative estimate of drug-likeness (QED) is 0.725. The monoisotopic (exact) mass is 305 g/mol. The molecule has 3 aromatic rings. The summed E-state index contributed by atoms with van der Waals surface area (Å²) < 4.78 is 0. The first-order valence-corrected chi connectivity index (χ1v) is 7.64. The zero-order chi connectivity index (χ0) is 15.9. The zero-order valence-electron chi connectivity index (χ0n) is 13.0. The zero-order valence-corrected chi connectivity index (χ0v) is 13.0. The van der Waals surface area contributed by atoms with Gasteiger partial charge >= 0.3 is 0 Å². The largest absolute Gasteiger partial charge is 0.366 e. The molecule has 0 atom stereocenters. The summed E-state index contributed by atoms with van der Waals surface area (Å²) in [6.45, 7) is 2.82. The van der Waals surface area contributed by atoms with Crippen LogP contribution in [-0.2, 0) is 13.0 Å². The Morgan fingerprint density at radius 3 is 2.52 bits per heavy atom. The first-order chi connectivity index (χ1) is 11.3. The van der Waals surface area contributed by atoms with Gasteiger partial charge in [0.2, 0.25) is 0 Å². The van der Waals surface area contributed by atoms with Crippen molar-refractivity contribution >= 4 is 17.3 Å². The normalized spacial score (nSPS) is 10.3. The van der Waals surface area contributed by atoms with Crippen LogP contribution in [0.3, 0.4) is 0 Å². The van der Waals surface area contributed by atoms with Crippen LogP contribution in [0.2, 0.25) is 0 Å². The van der Waals surface area contributed by atoms with Crippen molar-refractivity contribution in [2.24, 2.45) is 0 Å². The van der Waals surface area contributed by atoms with Gasteiger partial charge in [-0.15, -0.1) is 0 Å². The number of pyridine rings is 1. The molecule has 3 rings (SSSR count). The number of aromatic nitrogens is 3. The lowest BCUT2D eigenvalue weighted by Gasteiger charge is -2.09. The van der Waals surface area contributed by atoms with E-state index in [1.807, 2.05) is 24.4 Å². The molecule has 0 spiro atoms. The number of anilines is 3. The molecule has 0 fully saturated rings. The summed E-state index contributed by atoms with van der Waals surface area (Å²) in [6.07, 6.45) is 6.19. The maximum absolute atomic E-state index is 4.26. The minimum atomic E-state index is 0.676. The van der Waals surface area contributed by atoms with Crippen molar-refractivity contribution in [1.29, 1.82) is 0 Å². The second-order valence-electron chi connectivity index (χ2n) is 5.18. The van der Waals surface area contributed by atoms with E-state index in [9.17, 15) is 0 Å². The van der Waals surface area contributed by atoms with E-state index in [4.69, 9.17) is 0 Å². The first kappa shape index (κ1) is 15.0. The molecule has 2 N–H and O–H groups in total. The van der Waals surface area contributed by atoms with Crippen LogP contribution in [0.5, 0.6) is 0 Å². The van der Waals surface area contributed by atoms with Crippen molar-refractivity contribution in [1.82, 2.24) is 15.0 Å². The van der Waals surface area contributed by atoms with Crippen LogP contribution in [-0.4, -0.2) is 15.0 Å². The van der Waals surface area contributed by atoms with E-state index in [1.54, 1.807) is 12.5 Å². The standard InChI is InChI=1S/C18H19N5/c1-2-14-5-7-16(8-6-14)23-18-10-17(21-13-22-18)20-12-15-4-3-9-19-11-15/h3-11,13H,2,12H2,1H3,(H2,20,21,22,23). The lowest BCUT2D eigenvalue weighted by molar-refractivity contribution is 1.07. The molecule has 0 aliphatic rings. The van der Waals surface area contributed by atoms with Gasteiger partial charge in [-0.2, -0.15) is 0 Å². The summed E-state index contributed by atoms with van der Waals surface area (Å²) in [4.78, 5) is 12.6. The number of aryl methyl sites for hydroxylation is 1. The molecular weight excluding hydrogens is 286 g/mol. The SMILES string of the molecule is CCc1ccc(Nc2cc(NCc3cccnc3)ncn2)cc1. The van der Waals surface area contributed by atoms with Crippen LogP contribution in [0, 0.1) is 0 Å². The Bertz CT molecular complexity index is 741. The van der Waals surface area contributed by atoms with E-state index in [1.165, 1.54) is 5.56 Å². The maximum atomic E-state index is 4.26. The van der Waals surface area contributed by atoms with E-state index in [2.05, 4.69) is 56.8 Å². The minimum Gasteiger partial charge on any atom is -0.366 e. The number of nitrogens with zero attached hydrogens (tertiary/aromatic N) is 3. The fourth-order valence-corrected chi connectivity index (χ4v) is 2.19. The van der Waals surface area contributed by atoms with Gasteiger partial charge in [0, 0.05) is 30.7 Å². The van der Waals surface area contributed by atoms with E-state index in [0.29, 0.717) is 6.54 Å². The average Bonchev–Trinajstić information content (AvgIpc) is 2.62. The van der Waals surface area contributed by atoms with Gasteiger partial charge in [0.25, 0.3) is 0 Å². The van der Waals surface area contributed by atoms with Gasteiger partial charge in [0.1, 0.15) is 18.0 Å². The van der Waals surface area contributed by atoms with Gasteiger partial charge in [0.15, 0.2) is 0 Å². The average molecular weight is 305 g/mol.